The van der Waals surface area contributed by atoms with Gasteiger partial charge in [-0.1, -0.05) is 12.5 Å². The molecule has 1 nitrogen and oxygen atoms in total. The second kappa shape index (κ2) is 6.64. The molecule has 0 aliphatic rings. The van der Waals surface area contributed by atoms with Gasteiger partial charge >= 0.3 is 0 Å². The lowest BCUT2D eigenvalue weighted by Gasteiger charge is -1.99. The summed E-state index contributed by atoms with van der Waals surface area (Å²) in [7, 11) is 0. The molecule has 0 radical (unpaired) electrons. The van der Waals surface area contributed by atoms with E-state index in [1.165, 1.54) is 0 Å². The highest BCUT2D eigenvalue weighted by Gasteiger charge is 1.99. The van der Waals surface area contributed by atoms with Crippen LogP contribution in [0.25, 0.3) is 0 Å². The van der Waals surface area contributed by atoms with Gasteiger partial charge in [-0.05, 0) is 12.8 Å². The zero-order valence-electron chi connectivity index (χ0n) is 6.02. The molecular weight excluding hydrogens is 146 g/mol. The number of hydrogen-bond acceptors (Lipinski definition) is 1. The van der Waals surface area contributed by atoms with Crippen molar-refractivity contribution in [1.29, 1.82) is 5.26 Å². The van der Waals surface area contributed by atoms with E-state index in [-0.39, 0.29) is 5.92 Å². The minimum atomic E-state index is 0.0169. The number of alkyl halides is 1. The fourth-order valence-corrected chi connectivity index (χ4v) is 0.883. The smallest absolute Gasteiger partial charge is 0.0697 e. The minimum absolute atomic E-state index is 0.0169. The van der Waals surface area contributed by atoms with Crippen LogP contribution >= 0.6 is 11.6 Å². The van der Waals surface area contributed by atoms with Crippen LogP contribution in [0.15, 0.2) is 12.7 Å². The standard InChI is InChI=1S/C8H12ClN/c1-2-8(7-10)5-3-4-6-9/h2,8H,1,3-6H2. The summed E-state index contributed by atoms with van der Waals surface area (Å²) in [6, 6.07) is 2.15. The maximum Gasteiger partial charge on any atom is 0.0697 e. The number of halogens is 1. The Morgan fingerprint density at radius 1 is 1.60 bits per heavy atom. The fourth-order valence-electron chi connectivity index (χ4n) is 0.694. The molecule has 0 N–H and O–H groups in total. The van der Waals surface area contributed by atoms with Crippen LogP contribution in [-0.4, -0.2) is 5.88 Å². The Balaban J connectivity index is 3.28. The number of rotatable bonds is 5. The van der Waals surface area contributed by atoms with Gasteiger partial charge in [-0.15, -0.1) is 18.2 Å². The van der Waals surface area contributed by atoms with Gasteiger partial charge in [0.2, 0.25) is 0 Å². The van der Waals surface area contributed by atoms with Crippen LogP contribution in [0, 0.1) is 17.2 Å². The normalized spacial score (nSPS) is 12.0. The highest BCUT2D eigenvalue weighted by atomic mass is 35.5. The molecule has 0 spiro atoms. The molecule has 0 aromatic carbocycles. The minimum Gasteiger partial charge on any atom is -0.198 e. The summed E-state index contributed by atoms with van der Waals surface area (Å²) in [6.45, 7) is 3.56. The van der Waals surface area contributed by atoms with Crippen LogP contribution in [0.1, 0.15) is 19.3 Å². The molecule has 56 valence electrons. The van der Waals surface area contributed by atoms with Crippen molar-refractivity contribution in [3.8, 4) is 6.07 Å². The first kappa shape index (κ1) is 9.52. The third-order valence-electron chi connectivity index (χ3n) is 1.35. The fraction of sp³-hybridized carbons (Fsp3) is 0.625. The third kappa shape index (κ3) is 4.40. The lowest BCUT2D eigenvalue weighted by Crippen LogP contribution is -1.91. The van der Waals surface area contributed by atoms with Gasteiger partial charge in [0.05, 0.1) is 12.0 Å². The van der Waals surface area contributed by atoms with E-state index in [1.54, 1.807) is 6.08 Å². The highest BCUT2D eigenvalue weighted by molar-refractivity contribution is 6.17. The molecule has 0 aliphatic carbocycles. The Morgan fingerprint density at radius 3 is 2.70 bits per heavy atom. The van der Waals surface area contributed by atoms with Crippen LogP contribution in [-0.2, 0) is 0 Å². The largest absolute Gasteiger partial charge is 0.198 e. The monoisotopic (exact) mass is 157 g/mol. The van der Waals surface area contributed by atoms with Gasteiger partial charge < -0.3 is 0 Å². The van der Waals surface area contributed by atoms with E-state index >= 15 is 0 Å². The van der Waals surface area contributed by atoms with Crippen molar-refractivity contribution in [2.45, 2.75) is 19.3 Å². The number of nitriles is 1. The summed E-state index contributed by atoms with van der Waals surface area (Å²) in [4.78, 5) is 0. The van der Waals surface area contributed by atoms with Gasteiger partial charge in [-0.25, -0.2) is 0 Å². The third-order valence-corrected chi connectivity index (χ3v) is 1.62. The molecule has 10 heavy (non-hydrogen) atoms. The van der Waals surface area contributed by atoms with E-state index in [9.17, 15) is 0 Å². The number of hydrogen-bond donors (Lipinski definition) is 0. The summed E-state index contributed by atoms with van der Waals surface area (Å²) in [5, 5.41) is 8.47. The first-order chi connectivity index (χ1) is 4.85. The van der Waals surface area contributed by atoms with E-state index in [0.29, 0.717) is 5.88 Å². The van der Waals surface area contributed by atoms with Crippen molar-refractivity contribution in [3.63, 3.8) is 0 Å². The molecule has 0 saturated heterocycles. The van der Waals surface area contributed by atoms with Gasteiger partial charge in [0.1, 0.15) is 0 Å². The molecule has 0 aromatic rings. The second-order valence-electron chi connectivity index (χ2n) is 2.16. The molecule has 0 aromatic heterocycles. The average Bonchev–Trinajstić information content (AvgIpc) is 1.99. The maximum absolute atomic E-state index is 8.47. The van der Waals surface area contributed by atoms with Crippen LogP contribution in [0.3, 0.4) is 0 Å². The SMILES string of the molecule is C=CC(C#N)CCCCCl. The first-order valence-corrected chi connectivity index (χ1v) is 3.96. The summed E-state index contributed by atoms with van der Waals surface area (Å²) < 4.78 is 0. The summed E-state index contributed by atoms with van der Waals surface area (Å²) in [5.41, 5.74) is 0. The Hall–Kier alpha value is -0.480. The zero-order chi connectivity index (χ0) is 7.82. The second-order valence-corrected chi connectivity index (χ2v) is 2.53. The number of unbranched alkanes of at least 4 members (excludes halogenated alkanes) is 1. The molecule has 1 unspecified atom stereocenters. The van der Waals surface area contributed by atoms with Crippen LogP contribution in [0.2, 0.25) is 0 Å². The topological polar surface area (TPSA) is 23.8 Å². The summed E-state index contributed by atoms with van der Waals surface area (Å²) in [6.07, 6.45) is 4.60. The number of nitrogens with zero attached hydrogens (tertiary/aromatic N) is 1. The van der Waals surface area contributed by atoms with Crippen LogP contribution < -0.4 is 0 Å². The molecule has 0 saturated carbocycles. The molecule has 0 aliphatic heterocycles. The van der Waals surface area contributed by atoms with Crippen molar-refractivity contribution in [3.05, 3.63) is 12.7 Å². The average molecular weight is 158 g/mol. The van der Waals surface area contributed by atoms with Gasteiger partial charge in [0.25, 0.3) is 0 Å². The van der Waals surface area contributed by atoms with E-state index < -0.39 is 0 Å². The number of allylic oxidation sites excluding steroid dienone is 1. The van der Waals surface area contributed by atoms with Crippen molar-refractivity contribution in [1.82, 2.24) is 0 Å². The van der Waals surface area contributed by atoms with Crippen LogP contribution in [0.4, 0.5) is 0 Å². The predicted molar refractivity (Wildman–Crippen MR) is 43.9 cm³/mol. The molecule has 0 rings (SSSR count). The maximum atomic E-state index is 8.47. The van der Waals surface area contributed by atoms with E-state index in [2.05, 4.69) is 12.6 Å². The van der Waals surface area contributed by atoms with Crippen molar-refractivity contribution in [2.24, 2.45) is 5.92 Å². The Kier molecular flexibility index (Phi) is 6.32. The molecule has 1 atom stereocenters. The Labute approximate surface area is 67.3 Å². The van der Waals surface area contributed by atoms with E-state index in [1.807, 2.05) is 0 Å². The molecule has 0 heterocycles. The highest BCUT2D eigenvalue weighted by Crippen LogP contribution is 2.08. The lowest BCUT2D eigenvalue weighted by atomic mass is 10.0. The zero-order valence-corrected chi connectivity index (χ0v) is 6.77. The molecule has 2 heteroatoms. The van der Waals surface area contributed by atoms with Gasteiger partial charge in [0.15, 0.2) is 0 Å². The lowest BCUT2D eigenvalue weighted by molar-refractivity contribution is 0.654. The Morgan fingerprint density at radius 2 is 2.30 bits per heavy atom. The van der Waals surface area contributed by atoms with Crippen molar-refractivity contribution >= 4 is 11.6 Å². The summed E-state index contributed by atoms with van der Waals surface area (Å²) in [5.74, 6) is 0.707. The van der Waals surface area contributed by atoms with Crippen molar-refractivity contribution < 1.29 is 0 Å². The molecule has 0 amide bonds. The summed E-state index contributed by atoms with van der Waals surface area (Å²) >= 11 is 5.46. The van der Waals surface area contributed by atoms with Gasteiger partial charge in [0, 0.05) is 5.88 Å². The van der Waals surface area contributed by atoms with Crippen LogP contribution in [0.5, 0.6) is 0 Å². The van der Waals surface area contributed by atoms with Crippen molar-refractivity contribution in [2.75, 3.05) is 5.88 Å². The van der Waals surface area contributed by atoms with E-state index in [4.69, 9.17) is 16.9 Å². The van der Waals surface area contributed by atoms with Gasteiger partial charge in [-0.2, -0.15) is 5.26 Å². The molecule has 0 bridgehead atoms. The molecule has 0 fully saturated rings. The van der Waals surface area contributed by atoms with Gasteiger partial charge in [-0.3, -0.25) is 0 Å². The Bertz CT molecular complexity index is 126. The quantitative estimate of drug-likeness (QED) is 0.342. The first-order valence-electron chi connectivity index (χ1n) is 3.43. The van der Waals surface area contributed by atoms with E-state index in [0.717, 1.165) is 19.3 Å². The molecular formula is C8H12ClN. The predicted octanol–water partition coefficient (Wildman–Crippen LogP) is 2.72.